The first-order valence-electron chi connectivity index (χ1n) is 3.07. The molecule has 0 unspecified atom stereocenters. The fraction of sp³-hybridized carbons (Fsp3) is 0.429. The summed E-state index contributed by atoms with van der Waals surface area (Å²) in [7, 11) is 0. The van der Waals surface area contributed by atoms with Gasteiger partial charge in [0.1, 0.15) is 0 Å². The van der Waals surface area contributed by atoms with E-state index in [0.717, 1.165) is 5.70 Å². The summed E-state index contributed by atoms with van der Waals surface area (Å²) >= 11 is 0. The molecule has 0 atom stereocenters. The monoisotopic (exact) mass is 128 g/mol. The van der Waals surface area contributed by atoms with Crippen LogP contribution in [-0.2, 0) is 0 Å². The van der Waals surface area contributed by atoms with Gasteiger partial charge in [0.25, 0.3) is 0 Å². The maximum atomic E-state index is 4.99. The molecule has 0 heterocycles. The van der Waals surface area contributed by atoms with Gasteiger partial charge < -0.3 is 5.43 Å². The van der Waals surface area contributed by atoms with Crippen molar-refractivity contribution in [3.8, 4) is 0 Å². The molecular weight excluding hydrogens is 112 g/mol. The van der Waals surface area contributed by atoms with Crippen molar-refractivity contribution >= 4 is 0 Å². The lowest BCUT2D eigenvalue weighted by Crippen LogP contribution is -2.18. The second-order valence-corrected chi connectivity index (χ2v) is 1.23. The molecule has 0 aliphatic heterocycles. The first-order chi connectivity index (χ1) is 4.31. The van der Waals surface area contributed by atoms with Crippen molar-refractivity contribution in [2.75, 3.05) is 0 Å². The second kappa shape index (κ2) is 10.3. The lowest BCUT2D eigenvalue weighted by atomic mass is 10.4. The molecule has 0 amide bonds. The topological polar surface area (TPSA) is 38.0 Å². The lowest BCUT2D eigenvalue weighted by molar-refractivity contribution is 0.886. The quantitative estimate of drug-likeness (QED) is 0.336. The molecule has 0 aromatic carbocycles. The van der Waals surface area contributed by atoms with E-state index in [1.54, 1.807) is 12.2 Å². The third kappa shape index (κ3) is 11.1. The van der Waals surface area contributed by atoms with Crippen LogP contribution in [0.5, 0.6) is 0 Å². The zero-order valence-corrected chi connectivity index (χ0v) is 6.44. The highest BCUT2D eigenvalue weighted by Gasteiger charge is 1.71. The van der Waals surface area contributed by atoms with E-state index in [1.807, 2.05) is 20.8 Å². The van der Waals surface area contributed by atoms with Crippen LogP contribution >= 0.6 is 0 Å². The first kappa shape index (κ1) is 11.1. The van der Waals surface area contributed by atoms with Gasteiger partial charge in [-0.3, -0.25) is 5.84 Å². The minimum absolute atomic E-state index is 0.912. The highest BCUT2D eigenvalue weighted by Crippen LogP contribution is 1.79. The van der Waals surface area contributed by atoms with Gasteiger partial charge in [-0.2, -0.15) is 0 Å². The molecule has 0 saturated heterocycles. The van der Waals surface area contributed by atoms with E-state index >= 15 is 0 Å². The molecule has 9 heavy (non-hydrogen) atoms. The Morgan fingerprint density at radius 2 is 2.00 bits per heavy atom. The molecule has 0 spiro atoms. The Morgan fingerprint density at radius 1 is 1.56 bits per heavy atom. The van der Waals surface area contributed by atoms with E-state index in [9.17, 15) is 0 Å². The third-order valence-electron chi connectivity index (χ3n) is 0.596. The summed E-state index contributed by atoms with van der Waals surface area (Å²) in [5, 5.41) is 0. The molecule has 0 aromatic rings. The summed E-state index contributed by atoms with van der Waals surface area (Å²) in [6, 6.07) is 0. The molecule has 54 valence electrons. The SMILES string of the molecule is C=C/C=C(/C)NN.CC. The van der Waals surface area contributed by atoms with Gasteiger partial charge in [0.05, 0.1) is 0 Å². The van der Waals surface area contributed by atoms with Crippen molar-refractivity contribution in [3.63, 3.8) is 0 Å². The summed E-state index contributed by atoms with van der Waals surface area (Å²) < 4.78 is 0. The van der Waals surface area contributed by atoms with Gasteiger partial charge in [0, 0.05) is 5.70 Å². The predicted molar refractivity (Wildman–Crippen MR) is 42.6 cm³/mol. The van der Waals surface area contributed by atoms with E-state index in [4.69, 9.17) is 5.84 Å². The summed E-state index contributed by atoms with van der Waals surface area (Å²) in [6.07, 6.45) is 3.47. The maximum Gasteiger partial charge on any atom is 0.0228 e. The van der Waals surface area contributed by atoms with Gasteiger partial charge in [0.15, 0.2) is 0 Å². The van der Waals surface area contributed by atoms with Gasteiger partial charge in [-0.15, -0.1) is 0 Å². The van der Waals surface area contributed by atoms with Crippen LogP contribution in [0.15, 0.2) is 24.4 Å². The third-order valence-corrected chi connectivity index (χ3v) is 0.596. The molecule has 3 N–H and O–H groups in total. The lowest BCUT2D eigenvalue weighted by Gasteiger charge is -1.92. The van der Waals surface area contributed by atoms with Crippen LogP contribution < -0.4 is 11.3 Å². The van der Waals surface area contributed by atoms with E-state index in [-0.39, 0.29) is 0 Å². The zero-order valence-electron chi connectivity index (χ0n) is 6.44. The number of nitrogens with two attached hydrogens (primary N) is 1. The minimum atomic E-state index is 0.912. The van der Waals surface area contributed by atoms with Gasteiger partial charge in [-0.1, -0.05) is 26.5 Å². The van der Waals surface area contributed by atoms with Gasteiger partial charge in [0.2, 0.25) is 0 Å². The number of hydrogen-bond donors (Lipinski definition) is 2. The zero-order chi connectivity index (χ0) is 7.70. The van der Waals surface area contributed by atoms with Crippen molar-refractivity contribution < 1.29 is 0 Å². The first-order valence-corrected chi connectivity index (χ1v) is 3.07. The van der Waals surface area contributed by atoms with Crippen LogP contribution in [0.1, 0.15) is 20.8 Å². The average molecular weight is 128 g/mol. The maximum absolute atomic E-state index is 4.99. The average Bonchev–Trinajstić information content (AvgIpc) is 1.93. The number of rotatable bonds is 2. The summed E-state index contributed by atoms with van der Waals surface area (Å²) in [5.74, 6) is 4.99. The smallest absolute Gasteiger partial charge is 0.0228 e. The standard InChI is InChI=1S/C5H10N2.C2H6/c1-3-4-5(2)7-6;1-2/h3-4,7H,1,6H2,2H3;1-2H3/b5-4-;. The van der Waals surface area contributed by atoms with Crippen molar-refractivity contribution in [3.05, 3.63) is 24.4 Å². The van der Waals surface area contributed by atoms with Crippen molar-refractivity contribution in [2.24, 2.45) is 5.84 Å². The fourth-order valence-electron chi connectivity index (χ4n) is 0.225. The van der Waals surface area contributed by atoms with Crippen LogP contribution in [0.25, 0.3) is 0 Å². The number of hydrogen-bond acceptors (Lipinski definition) is 2. The number of nitrogens with one attached hydrogen (secondary N) is 1. The van der Waals surface area contributed by atoms with Crippen molar-refractivity contribution in [2.45, 2.75) is 20.8 Å². The summed E-state index contributed by atoms with van der Waals surface area (Å²) in [6.45, 7) is 9.34. The fourth-order valence-corrected chi connectivity index (χ4v) is 0.225. The van der Waals surface area contributed by atoms with Crippen LogP contribution in [0, 0.1) is 0 Å². The van der Waals surface area contributed by atoms with E-state index in [1.165, 1.54) is 0 Å². The van der Waals surface area contributed by atoms with E-state index < -0.39 is 0 Å². The number of allylic oxidation sites excluding steroid dienone is 3. The molecule has 0 aliphatic carbocycles. The van der Waals surface area contributed by atoms with Crippen LogP contribution in [0.3, 0.4) is 0 Å². The molecule has 0 radical (unpaired) electrons. The minimum Gasteiger partial charge on any atom is -0.329 e. The highest BCUT2D eigenvalue weighted by molar-refractivity contribution is 5.04. The largest absolute Gasteiger partial charge is 0.329 e. The molecule has 0 rings (SSSR count). The molecule has 2 heteroatoms. The van der Waals surface area contributed by atoms with E-state index in [0.29, 0.717) is 0 Å². The van der Waals surface area contributed by atoms with Gasteiger partial charge >= 0.3 is 0 Å². The Bertz CT molecular complexity index is 84.9. The molecule has 2 nitrogen and oxygen atoms in total. The molecule has 0 fully saturated rings. The normalized spacial score (nSPS) is 9.11. The Morgan fingerprint density at radius 3 is 2.11 bits per heavy atom. The van der Waals surface area contributed by atoms with E-state index in [2.05, 4.69) is 12.0 Å². The Labute approximate surface area is 57.4 Å². The molecule has 0 saturated carbocycles. The predicted octanol–water partition coefficient (Wildman–Crippen LogP) is 1.57. The molecular formula is C7H16N2. The summed E-state index contributed by atoms with van der Waals surface area (Å²) in [5.41, 5.74) is 3.37. The molecule has 0 aromatic heterocycles. The number of hydrazine groups is 1. The summed E-state index contributed by atoms with van der Waals surface area (Å²) in [4.78, 5) is 0. The molecule has 0 bridgehead atoms. The Hall–Kier alpha value is -0.760. The second-order valence-electron chi connectivity index (χ2n) is 1.23. The van der Waals surface area contributed by atoms with Crippen molar-refractivity contribution in [1.29, 1.82) is 0 Å². The Balaban J connectivity index is 0. The van der Waals surface area contributed by atoms with Gasteiger partial charge in [-0.05, 0) is 13.0 Å². The van der Waals surface area contributed by atoms with Crippen molar-refractivity contribution in [1.82, 2.24) is 5.43 Å². The van der Waals surface area contributed by atoms with Crippen LogP contribution in [0.4, 0.5) is 0 Å². The molecule has 0 aliphatic rings. The Kier molecular flexibility index (Phi) is 12.7. The van der Waals surface area contributed by atoms with Gasteiger partial charge in [-0.25, -0.2) is 0 Å². The van der Waals surface area contributed by atoms with Crippen LogP contribution in [-0.4, -0.2) is 0 Å². The highest BCUT2D eigenvalue weighted by atomic mass is 15.2. The van der Waals surface area contributed by atoms with Crippen LogP contribution in [0.2, 0.25) is 0 Å².